The molecule has 0 bridgehead atoms. The lowest BCUT2D eigenvalue weighted by atomic mass is 10.1. The maximum absolute atomic E-state index is 14.4. The maximum atomic E-state index is 14.4. The van der Waals surface area contributed by atoms with Gasteiger partial charge in [-0.25, -0.2) is 9.18 Å². The summed E-state index contributed by atoms with van der Waals surface area (Å²) < 4.78 is 40.4. The van der Waals surface area contributed by atoms with Gasteiger partial charge in [-0.05, 0) is 44.1 Å². The average Bonchev–Trinajstić information content (AvgIpc) is 3.11. The van der Waals surface area contributed by atoms with E-state index < -0.39 is 37.9 Å². The molecular weight excluding hydrogens is 400 g/mol. The first kappa shape index (κ1) is 18.8. The Hall–Kier alpha value is -2.21. The lowest BCUT2D eigenvalue weighted by molar-refractivity contribution is -0.0334. The molecule has 3 atom stereocenters. The summed E-state index contributed by atoms with van der Waals surface area (Å²) in [5.74, 6) is -0.463. The number of rotatable bonds is 9. The molecule has 29 heavy (non-hydrogen) atoms. The third-order valence-corrected chi connectivity index (χ3v) is 4.72. The standard InChI is InChI=1S/C18H21BFN3O5S/c19-10-29-27-9-13-7-14(20)17(28-13)23-6-5-15(22-18(23)26)21-16(25)12-3-1-11(8-24)2-4-12/h1-6,13-14,17,24H,7-10,19H2,(H,21,22,25,26)/t13-,14+,17+/m0/s1/i19TD. The van der Waals surface area contributed by atoms with Crippen LogP contribution in [0.15, 0.2) is 41.3 Å². The SMILES string of the molecule is [2H]B([3H])CSOC[C@@H]1C[C@@H](F)[C@H](n2ccc(NC(=O)c3ccc(CO)cc3)nc2=O)O1. The van der Waals surface area contributed by atoms with Crippen LogP contribution in [0.3, 0.4) is 0 Å². The minimum atomic E-state index is -1.44. The van der Waals surface area contributed by atoms with Gasteiger partial charge in [0, 0.05) is 18.2 Å². The Kier molecular flexibility index (Phi) is 6.49. The fraction of sp³-hybridized carbons (Fsp3) is 0.389. The molecule has 1 aliphatic rings. The highest BCUT2D eigenvalue weighted by atomic mass is 32.2. The first-order chi connectivity index (χ1) is 14.9. The van der Waals surface area contributed by atoms with Gasteiger partial charge in [-0.2, -0.15) is 4.98 Å². The second-order valence-corrected chi connectivity index (χ2v) is 7.09. The Bertz CT molecular complexity index is 953. The van der Waals surface area contributed by atoms with Crippen molar-refractivity contribution in [3.05, 3.63) is 58.1 Å². The van der Waals surface area contributed by atoms with Gasteiger partial charge in [0.15, 0.2) is 6.23 Å². The number of aliphatic hydroxyl groups is 1. The molecule has 1 fully saturated rings. The van der Waals surface area contributed by atoms with E-state index in [1.54, 1.807) is 12.1 Å². The molecule has 1 aromatic carbocycles. The van der Waals surface area contributed by atoms with Crippen LogP contribution in [0.25, 0.3) is 0 Å². The van der Waals surface area contributed by atoms with E-state index in [4.69, 9.17) is 16.7 Å². The second kappa shape index (κ2) is 10.0. The Morgan fingerprint density at radius 3 is 3.03 bits per heavy atom. The molecule has 3 rings (SSSR count). The predicted octanol–water partition coefficient (Wildman–Crippen LogP) is 0.869. The number of amides is 1. The molecule has 0 radical (unpaired) electrons. The molecule has 154 valence electrons. The summed E-state index contributed by atoms with van der Waals surface area (Å²) in [5, 5.41) is 11.6. The molecule has 0 spiro atoms. The number of hydrogen-bond acceptors (Lipinski definition) is 7. The van der Waals surface area contributed by atoms with Crippen molar-refractivity contribution in [2.45, 2.75) is 31.5 Å². The van der Waals surface area contributed by atoms with Crippen LogP contribution in [-0.4, -0.2) is 55.5 Å². The Morgan fingerprint density at radius 2 is 2.34 bits per heavy atom. The zero-order valence-electron chi connectivity index (χ0n) is 17.4. The van der Waals surface area contributed by atoms with E-state index in [0.29, 0.717) is 11.1 Å². The number of ether oxygens (including phenoxy) is 1. The topological polar surface area (TPSA) is 103 Å². The summed E-state index contributed by atoms with van der Waals surface area (Å²) in [5.41, 5.74) is 0.378. The van der Waals surface area contributed by atoms with Crippen LogP contribution in [0, 0.1) is 0 Å². The molecule has 1 saturated heterocycles. The fourth-order valence-electron chi connectivity index (χ4n) is 2.85. The fourth-order valence-corrected chi connectivity index (χ4v) is 3.20. The maximum Gasteiger partial charge on any atom is 0.351 e. The van der Waals surface area contributed by atoms with E-state index in [1.165, 1.54) is 24.4 Å². The highest BCUT2D eigenvalue weighted by Crippen LogP contribution is 2.31. The van der Waals surface area contributed by atoms with E-state index in [2.05, 4.69) is 10.3 Å². The van der Waals surface area contributed by atoms with Crippen molar-refractivity contribution in [2.75, 3.05) is 17.6 Å². The largest absolute Gasteiger partial charge is 0.392 e. The molecule has 2 aromatic rings. The molecule has 1 aromatic heterocycles. The molecule has 11 heteroatoms. The first-order valence-corrected chi connectivity index (χ1v) is 9.77. The van der Waals surface area contributed by atoms with Gasteiger partial charge in [-0.15, -0.1) is 0 Å². The number of anilines is 1. The molecule has 0 aliphatic carbocycles. The van der Waals surface area contributed by atoms with Gasteiger partial charge in [-0.3, -0.25) is 9.36 Å². The number of aliphatic hydroxyl groups excluding tert-OH is 1. The highest BCUT2D eigenvalue weighted by molar-refractivity contribution is 7.95. The van der Waals surface area contributed by atoms with E-state index in [0.717, 1.165) is 16.6 Å². The number of carbonyl (C=O) groups is 1. The predicted molar refractivity (Wildman–Crippen MR) is 109 cm³/mol. The van der Waals surface area contributed by atoms with Crippen LogP contribution >= 0.6 is 12.0 Å². The van der Waals surface area contributed by atoms with Crippen molar-refractivity contribution < 1.29 is 23.2 Å². The van der Waals surface area contributed by atoms with Crippen LogP contribution in [0.1, 0.15) is 28.6 Å². The van der Waals surface area contributed by atoms with Crippen molar-refractivity contribution in [1.82, 2.24) is 9.55 Å². The van der Waals surface area contributed by atoms with Gasteiger partial charge in [0.2, 0.25) is 0 Å². The van der Waals surface area contributed by atoms with Crippen molar-refractivity contribution in [2.24, 2.45) is 0 Å². The number of nitrogens with one attached hydrogen (secondary N) is 1. The third kappa shape index (κ3) is 5.44. The molecule has 2 N–H and O–H groups in total. The number of nitrogens with zero attached hydrogens (tertiary/aromatic N) is 2. The van der Waals surface area contributed by atoms with Crippen LogP contribution in [0.4, 0.5) is 10.2 Å². The molecule has 8 nitrogen and oxygen atoms in total. The molecule has 1 amide bonds. The van der Waals surface area contributed by atoms with Gasteiger partial charge >= 0.3 is 5.69 Å². The molecule has 2 heterocycles. The summed E-state index contributed by atoms with van der Waals surface area (Å²) in [6, 6.07) is 7.67. The Labute approximate surface area is 174 Å². The summed E-state index contributed by atoms with van der Waals surface area (Å²) >= 11 is 0.946. The van der Waals surface area contributed by atoms with Crippen LogP contribution in [-0.2, 0) is 15.5 Å². The summed E-state index contributed by atoms with van der Waals surface area (Å²) in [6.07, 6.45) is -1.83. The van der Waals surface area contributed by atoms with Crippen LogP contribution < -0.4 is 11.0 Å². The van der Waals surface area contributed by atoms with Gasteiger partial charge < -0.3 is 19.3 Å². The summed E-state index contributed by atoms with van der Waals surface area (Å²) in [7, 11) is -1.01. The molecule has 1 aliphatic heterocycles. The van der Waals surface area contributed by atoms with Gasteiger partial charge in [0.25, 0.3) is 5.91 Å². The zero-order valence-corrected chi connectivity index (χ0v) is 16.2. The van der Waals surface area contributed by atoms with Gasteiger partial charge in [0.1, 0.15) is 19.8 Å². The highest BCUT2D eigenvalue weighted by Gasteiger charge is 2.37. The number of benzene rings is 1. The number of hydrogen-bond donors (Lipinski definition) is 2. The smallest absolute Gasteiger partial charge is 0.351 e. The number of carbonyl (C=O) groups excluding carboxylic acids is 1. The Balaban J connectivity index is 1.59. The van der Waals surface area contributed by atoms with E-state index >= 15 is 0 Å². The van der Waals surface area contributed by atoms with Crippen molar-refractivity contribution in [3.63, 3.8) is 0 Å². The van der Waals surface area contributed by atoms with Crippen LogP contribution in [0.2, 0.25) is 0 Å². The summed E-state index contributed by atoms with van der Waals surface area (Å²) in [4.78, 5) is 28.4. The zero-order chi connectivity index (χ0) is 22.4. The van der Waals surface area contributed by atoms with E-state index in [9.17, 15) is 14.0 Å². The van der Waals surface area contributed by atoms with Crippen molar-refractivity contribution in [3.8, 4) is 0 Å². The molecule has 0 unspecified atom stereocenters. The number of aromatic nitrogens is 2. The molecule has 0 saturated carbocycles. The minimum absolute atomic E-state index is 0.0162. The average molecular weight is 424 g/mol. The Morgan fingerprint density at radius 1 is 1.55 bits per heavy atom. The van der Waals surface area contributed by atoms with Crippen molar-refractivity contribution in [1.29, 1.82) is 2.67 Å². The lowest BCUT2D eigenvalue weighted by Gasteiger charge is -2.16. The van der Waals surface area contributed by atoms with E-state index in [-0.39, 0.29) is 31.1 Å². The third-order valence-electron chi connectivity index (χ3n) is 4.28. The summed E-state index contributed by atoms with van der Waals surface area (Å²) in [6.45, 7) is -0.0666. The quantitative estimate of drug-likeness (QED) is 0.350. The number of halogens is 1. The van der Waals surface area contributed by atoms with E-state index in [1.807, 2.05) is 0 Å². The van der Waals surface area contributed by atoms with Gasteiger partial charge in [-0.1, -0.05) is 12.1 Å². The normalized spacial score (nSPS) is 22.1. The second-order valence-electron chi connectivity index (χ2n) is 6.28. The lowest BCUT2D eigenvalue weighted by Crippen LogP contribution is -2.31. The minimum Gasteiger partial charge on any atom is -0.392 e. The first-order valence-electron chi connectivity index (χ1n) is 10.0. The molecular formula is C18H21BFN3O5S. The van der Waals surface area contributed by atoms with Crippen molar-refractivity contribution >= 4 is 31.5 Å². The number of alkyl halides is 1. The van der Waals surface area contributed by atoms with Gasteiger partial charge in [0.05, 0.1) is 19.3 Å². The van der Waals surface area contributed by atoms with Crippen LogP contribution in [0.5, 0.6) is 0 Å². The monoisotopic (exact) mass is 424 g/mol.